The first-order chi connectivity index (χ1) is 13.0. The van der Waals surface area contributed by atoms with Crippen molar-refractivity contribution in [2.24, 2.45) is 7.05 Å². The Hall–Kier alpha value is -2.86. The first-order valence-electron chi connectivity index (χ1n) is 8.72. The van der Waals surface area contributed by atoms with Crippen LogP contribution >= 0.6 is 11.6 Å². The van der Waals surface area contributed by atoms with Gasteiger partial charge in [-0.3, -0.25) is 14.5 Å². The topological polar surface area (TPSA) is 67.2 Å². The molecule has 0 bridgehead atoms. The molecular formula is C20H19ClN4O2. The normalized spacial score (nSPS) is 15.8. The van der Waals surface area contributed by atoms with Crippen molar-refractivity contribution >= 4 is 40.1 Å². The van der Waals surface area contributed by atoms with E-state index in [1.54, 1.807) is 4.90 Å². The van der Waals surface area contributed by atoms with Gasteiger partial charge in [0.05, 0.1) is 22.6 Å². The summed E-state index contributed by atoms with van der Waals surface area (Å²) < 4.78 is 1.88. The molecule has 1 aromatic heterocycles. The zero-order chi connectivity index (χ0) is 19.1. The van der Waals surface area contributed by atoms with Crippen LogP contribution in [0.1, 0.15) is 18.3 Å². The minimum atomic E-state index is -0.543. The van der Waals surface area contributed by atoms with E-state index in [0.29, 0.717) is 17.3 Å². The van der Waals surface area contributed by atoms with E-state index in [1.807, 2.05) is 54.1 Å². The van der Waals surface area contributed by atoms with E-state index < -0.39 is 6.04 Å². The number of nitrogens with one attached hydrogen (secondary N) is 1. The Morgan fingerprint density at radius 3 is 2.74 bits per heavy atom. The first kappa shape index (κ1) is 17.5. The van der Waals surface area contributed by atoms with Crippen LogP contribution < -0.4 is 10.2 Å². The molecule has 1 aliphatic heterocycles. The molecule has 0 saturated carbocycles. The summed E-state index contributed by atoms with van der Waals surface area (Å²) in [6, 6.07) is 12.6. The second kappa shape index (κ2) is 6.70. The number of hydrogen-bond donors (Lipinski definition) is 1. The van der Waals surface area contributed by atoms with E-state index in [-0.39, 0.29) is 18.4 Å². The van der Waals surface area contributed by atoms with Gasteiger partial charge in [-0.2, -0.15) is 0 Å². The zero-order valence-electron chi connectivity index (χ0n) is 15.1. The van der Waals surface area contributed by atoms with Gasteiger partial charge >= 0.3 is 0 Å². The number of carbonyl (C=O) groups is 2. The highest BCUT2D eigenvalue weighted by molar-refractivity contribution is 6.35. The Bertz CT molecular complexity index is 1060. The molecule has 0 aliphatic carbocycles. The van der Waals surface area contributed by atoms with Crippen LogP contribution in [0, 0.1) is 0 Å². The van der Waals surface area contributed by atoms with Gasteiger partial charge in [-0.05, 0) is 23.8 Å². The van der Waals surface area contributed by atoms with E-state index in [1.165, 1.54) is 6.92 Å². The maximum absolute atomic E-state index is 12.8. The van der Waals surface area contributed by atoms with Crippen molar-refractivity contribution in [3.8, 4) is 0 Å². The fourth-order valence-corrected chi connectivity index (χ4v) is 3.99. The summed E-state index contributed by atoms with van der Waals surface area (Å²) in [5.41, 5.74) is 3.43. The number of fused-ring (bicyclic) bond motifs is 2. The third kappa shape index (κ3) is 2.96. The van der Waals surface area contributed by atoms with Crippen LogP contribution in [-0.2, 0) is 29.6 Å². The monoisotopic (exact) mass is 382 g/mol. The average Bonchev–Trinajstić information content (AvgIpc) is 3.18. The number of hydrogen-bond acceptors (Lipinski definition) is 3. The zero-order valence-corrected chi connectivity index (χ0v) is 15.8. The summed E-state index contributed by atoms with van der Waals surface area (Å²) in [6.45, 7) is 1.74. The molecule has 138 valence electrons. The average molecular weight is 383 g/mol. The lowest BCUT2D eigenvalue weighted by atomic mass is 10.1. The maximum atomic E-state index is 12.8. The van der Waals surface area contributed by atoms with E-state index in [2.05, 4.69) is 10.3 Å². The maximum Gasteiger partial charge on any atom is 0.243 e. The minimum Gasteiger partial charge on any atom is -0.347 e. The number of carbonyl (C=O) groups excluding carboxylic acids is 2. The van der Waals surface area contributed by atoms with Crippen LogP contribution in [0.15, 0.2) is 42.5 Å². The number of para-hydroxylation sites is 2. The van der Waals surface area contributed by atoms with Crippen molar-refractivity contribution in [1.29, 1.82) is 0 Å². The number of benzene rings is 2. The molecule has 6 nitrogen and oxygen atoms in total. The third-order valence-electron chi connectivity index (χ3n) is 4.98. The van der Waals surface area contributed by atoms with Gasteiger partial charge in [-0.1, -0.05) is 35.9 Å². The van der Waals surface area contributed by atoms with Gasteiger partial charge in [0.1, 0.15) is 11.9 Å². The van der Waals surface area contributed by atoms with Gasteiger partial charge in [0, 0.05) is 26.1 Å². The summed E-state index contributed by atoms with van der Waals surface area (Å²) in [6.07, 6.45) is 0.510. The molecule has 2 amide bonds. The molecule has 27 heavy (non-hydrogen) atoms. The van der Waals surface area contributed by atoms with Crippen LogP contribution in [0.5, 0.6) is 0 Å². The van der Waals surface area contributed by atoms with Gasteiger partial charge < -0.3 is 9.88 Å². The molecule has 0 spiro atoms. The van der Waals surface area contributed by atoms with Crippen molar-refractivity contribution < 1.29 is 9.59 Å². The minimum absolute atomic E-state index is 0.144. The molecule has 1 atom stereocenters. The Labute approximate surface area is 161 Å². The lowest BCUT2D eigenvalue weighted by Gasteiger charge is -2.23. The molecule has 1 aliphatic rings. The number of imidazole rings is 1. The fourth-order valence-electron chi connectivity index (χ4n) is 3.70. The lowest BCUT2D eigenvalue weighted by Crippen LogP contribution is -2.47. The van der Waals surface area contributed by atoms with E-state index in [9.17, 15) is 9.59 Å². The number of nitrogens with zero attached hydrogens (tertiary/aromatic N) is 3. The van der Waals surface area contributed by atoms with Crippen molar-refractivity contribution in [2.75, 3.05) is 4.90 Å². The first-order valence-corrected chi connectivity index (χ1v) is 9.10. The number of anilines is 1. The fraction of sp³-hybridized carbons (Fsp3) is 0.250. The Morgan fingerprint density at radius 2 is 2.00 bits per heavy atom. The highest BCUT2D eigenvalue weighted by atomic mass is 35.5. The van der Waals surface area contributed by atoms with Gasteiger partial charge in [0.15, 0.2) is 0 Å². The molecule has 0 unspecified atom stereocenters. The van der Waals surface area contributed by atoms with E-state index in [4.69, 9.17) is 11.6 Å². The van der Waals surface area contributed by atoms with E-state index >= 15 is 0 Å². The van der Waals surface area contributed by atoms with Crippen LogP contribution in [0.4, 0.5) is 5.69 Å². The van der Waals surface area contributed by atoms with Crippen LogP contribution in [0.25, 0.3) is 11.0 Å². The van der Waals surface area contributed by atoms with Gasteiger partial charge in [0.2, 0.25) is 11.8 Å². The van der Waals surface area contributed by atoms with Crippen LogP contribution in [-0.4, -0.2) is 27.4 Å². The summed E-state index contributed by atoms with van der Waals surface area (Å²) in [7, 11) is 1.87. The quantitative estimate of drug-likeness (QED) is 0.757. The van der Waals surface area contributed by atoms with Crippen LogP contribution in [0.2, 0.25) is 5.02 Å². The van der Waals surface area contributed by atoms with Crippen molar-refractivity contribution in [1.82, 2.24) is 14.9 Å². The third-order valence-corrected chi connectivity index (χ3v) is 5.28. The summed E-state index contributed by atoms with van der Waals surface area (Å²) >= 11 is 6.26. The van der Waals surface area contributed by atoms with Gasteiger partial charge in [-0.25, -0.2) is 4.98 Å². The molecule has 4 rings (SSSR count). The molecule has 0 fully saturated rings. The van der Waals surface area contributed by atoms with Crippen molar-refractivity contribution in [3.05, 3.63) is 58.9 Å². The smallest absolute Gasteiger partial charge is 0.243 e. The van der Waals surface area contributed by atoms with Gasteiger partial charge in [-0.15, -0.1) is 0 Å². The summed E-state index contributed by atoms with van der Waals surface area (Å²) in [4.78, 5) is 31.1. The number of rotatable bonds is 3. The number of amides is 2. The Balaban J connectivity index is 1.54. The lowest BCUT2D eigenvalue weighted by molar-refractivity contribution is -0.125. The second-order valence-electron chi connectivity index (χ2n) is 6.65. The predicted molar refractivity (Wildman–Crippen MR) is 105 cm³/mol. The molecule has 7 heteroatoms. The Morgan fingerprint density at radius 1 is 1.22 bits per heavy atom. The number of aromatic nitrogens is 2. The summed E-state index contributed by atoms with van der Waals surface area (Å²) in [5, 5.41) is 3.54. The largest absolute Gasteiger partial charge is 0.347 e. The van der Waals surface area contributed by atoms with Crippen LogP contribution in [0.3, 0.4) is 0 Å². The molecule has 1 N–H and O–H groups in total. The SMILES string of the molecule is CC(=O)N1c2ccccc2C[C@H]1C(=O)NCc1nc2cccc(Cl)c2n1C. The molecule has 0 radical (unpaired) electrons. The molecular weight excluding hydrogens is 364 g/mol. The number of halogens is 1. The number of aryl methyl sites for hydroxylation is 1. The van der Waals surface area contributed by atoms with Crippen molar-refractivity contribution in [2.45, 2.75) is 25.9 Å². The second-order valence-corrected chi connectivity index (χ2v) is 7.06. The molecule has 3 aromatic rings. The molecule has 0 saturated heterocycles. The highest BCUT2D eigenvalue weighted by Gasteiger charge is 2.36. The standard InChI is InChI=1S/C20H19ClN4O2/c1-12(26)25-16-9-4-3-6-13(16)10-17(25)20(27)22-11-18-23-15-8-5-7-14(21)19(15)24(18)2/h3-9,17H,10-11H2,1-2H3,(H,22,27)/t17-/m0/s1. The molecule has 2 aromatic carbocycles. The molecule has 2 heterocycles. The summed E-state index contributed by atoms with van der Waals surface area (Å²) in [5.74, 6) is 0.366. The predicted octanol–water partition coefficient (Wildman–Crippen LogP) is 2.82. The Kier molecular flexibility index (Phi) is 4.36. The van der Waals surface area contributed by atoms with E-state index in [0.717, 1.165) is 22.3 Å². The highest BCUT2D eigenvalue weighted by Crippen LogP contribution is 2.32. The van der Waals surface area contributed by atoms with Gasteiger partial charge in [0.25, 0.3) is 0 Å². The van der Waals surface area contributed by atoms with Crippen molar-refractivity contribution in [3.63, 3.8) is 0 Å².